The Bertz CT molecular complexity index is 952. The third-order valence-electron chi connectivity index (χ3n) is 3.75. The number of H-pyrrole nitrogens is 1. The molecule has 0 spiro atoms. The lowest BCUT2D eigenvalue weighted by Gasteiger charge is -2.06. The number of para-hydroxylation sites is 1. The first kappa shape index (κ1) is 12.1. The topological polar surface area (TPSA) is 28.7 Å². The van der Waals surface area contributed by atoms with Gasteiger partial charge in [-0.3, -0.25) is 0 Å². The van der Waals surface area contributed by atoms with Gasteiger partial charge in [0.25, 0.3) is 0 Å². The van der Waals surface area contributed by atoms with Crippen LogP contribution in [0.25, 0.3) is 33.1 Å². The molecule has 2 nitrogen and oxygen atoms in total. The van der Waals surface area contributed by atoms with Crippen LogP contribution in [0.3, 0.4) is 0 Å². The van der Waals surface area contributed by atoms with Crippen LogP contribution in [-0.4, -0.2) is 9.97 Å². The number of pyridine rings is 1. The summed E-state index contributed by atoms with van der Waals surface area (Å²) in [6.45, 7) is 1.97. The molecule has 4 aromatic rings. The summed E-state index contributed by atoms with van der Waals surface area (Å²) in [6, 6.07) is 16.8. The quantitative estimate of drug-likeness (QED) is 0.530. The Kier molecular flexibility index (Phi) is 2.54. The van der Waals surface area contributed by atoms with Gasteiger partial charge in [-0.05, 0) is 42.3 Å². The lowest BCUT2D eigenvalue weighted by Crippen LogP contribution is -1.87. The van der Waals surface area contributed by atoms with Gasteiger partial charge < -0.3 is 4.98 Å². The van der Waals surface area contributed by atoms with E-state index in [1.54, 1.807) is 0 Å². The number of hydrogen-bond donors (Lipinski definition) is 1. The van der Waals surface area contributed by atoms with Crippen molar-refractivity contribution in [1.29, 1.82) is 0 Å². The lowest BCUT2D eigenvalue weighted by molar-refractivity contribution is 0.628. The summed E-state index contributed by atoms with van der Waals surface area (Å²) in [5.74, 6) is -0.223. The molecule has 0 amide bonds. The minimum Gasteiger partial charge on any atom is -0.339 e. The molecule has 0 saturated heterocycles. The van der Waals surface area contributed by atoms with Crippen molar-refractivity contribution in [2.45, 2.75) is 6.92 Å². The summed E-state index contributed by atoms with van der Waals surface area (Å²) < 4.78 is 13.2. The Morgan fingerprint density at radius 2 is 1.76 bits per heavy atom. The molecule has 2 heterocycles. The molecule has 3 heteroatoms. The van der Waals surface area contributed by atoms with Crippen molar-refractivity contribution in [3.05, 3.63) is 66.1 Å². The average Bonchev–Trinajstić information content (AvgIpc) is 2.85. The van der Waals surface area contributed by atoms with Gasteiger partial charge >= 0.3 is 0 Å². The molecule has 0 fully saturated rings. The molecule has 1 N–H and O–H groups in total. The highest BCUT2D eigenvalue weighted by Gasteiger charge is 2.12. The van der Waals surface area contributed by atoms with Crippen LogP contribution in [0.4, 0.5) is 4.39 Å². The van der Waals surface area contributed by atoms with Crippen LogP contribution in [0.1, 0.15) is 5.69 Å². The predicted octanol–water partition coefficient (Wildman–Crippen LogP) is 4.83. The Morgan fingerprint density at radius 1 is 1.00 bits per heavy atom. The lowest BCUT2D eigenvalue weighted by atomic mass is 10.0. The van der Waals surface area contributed by atoms with E-state index >= 15 is 0 Å². The third kappa shape index (κ3) is 1.89. The van der Waals surface area contributed by atoms with Crippen LogP contribution in [0.2, 0.25) is 0 Å². The van der Waals surface area contributed by atoms with Gasteiger partial charge in [0, 0.05) is 22.0 Å². The first-order chi connectivity index (χ1) is 10.2. The van der Waals surface area contributed by atoms with Crippen molar-refractivity contribution in [3.63, 3.8) is 0 Å². The fraction of sp³-hybridized carbons (Fsp3) is 0.0556. The Labute approximate surface area is 121 Å². The molecule has 21 heavy (non-hydrogen) atoms. The number of benzene rings is 2. The summed E-state index contributed by atoms with van der Waals surface area (Å²) in [5, 5.41) is 2.22. The molecule has 0 saturated carbocycles. The predicted molar refractivity (Wildman–Crippen MR) is 83.7 cm³/mol. The van der Waals surface area contributed by atoms with Crippen LogP contribution in [0, 0.1) is 12.7 Å². The number of aryl methyl sites for hydroxylation is 1. The highest BCUT2D eigenvalue weighted by Crippen LogP contribution is 2.34. The SMILES string of the molecule is Cc1cc(-c2ccc(F)cc2)c2c(n1)[nH]c1ccccc12. The number of halogens is 1. The van der Waals surface area contributed by atoms with Crippen molar-refractivity contribution >= 4 is 21.9 Å². The van der Waals surface area contributed by atoms with Crippen LogP contribution in [0.5, 0.6) is 0 Å². The maximum Gasteiger partial charge on any atom is 0.139 e. The minimum absolute atomic E-state index is 0.223. The highest BCUT2D eigenvalue weighted by molar-refractivity contribution is 6.12. The van der Waals surface area contributed by atoms with Gasteiger partial charge in [-0.15, -0.1) is 0 Å². The zero-order chi connectivity index (χ0) is 14.4. The van der Waals surface area contributed by atoms with Crippen molar-refractivity contribution in [1.82, 2.24) is 9.97 Å². The number of nitrogens with one attached hydrogen (secondary N) is 1. The Morgan fingerprint density at radius 3 is 2.57 bits per heavy atom. The van der Waals surface area contributed by atoms with Crippen LogP contribution < -0.4 is 0 Å². The molecule has 0 bridgehead atoms. The van der Waals surface area contributed by atoms with E-state index in [1.165, 1.54) is 12.1 Å². The summed E-state index contributed by atoms with van der Waals surface area (Å²) in [7, 11) is 0. The van der Waals surface area contributed by atoms with E-state index < -0.39 is 0 Å². The van der Waals surface area contributed by atoms with E-state index in [-0.39, 0.29) is 5.82 Å². The fourth-order valence-electron chi connectivity index (χ4n) is 2.83. The summed E-state index contributed by atoms with van der Waals surface area (Å²) in [4.78, 5) is 7.94. The number of nitrogens with zero attached hydrogens (tertiary/aromatic N) is 1. The molecule has 0 radical (unpaired) electrons. The fourth-order valence-corrected chi connectivity index (χ4v) is 2.83. The molecular weight excluding hydrogens is 263 g/mol. The van der Waals surface area contributed by atoms with Crippen molar-refractivity contribution < 1.29 is 4.39 Å². The van der Waals surface area contributed by atoms with E-state index in [1.807, 2.05) is 37.3 Å². The third-order valence-corrected chi connectivity index (χ3v) is 3.75. The Hall–Kier alpha value is -2.68. The second kappa shape index (κ2) is 4.42. The number of rotatable bonds is 1. The normalized spacial score (nSPS) is 11.3. The second-order valence-electron chi connectivity index (χ2n) is 5.21. The standard InChI is InChI=1S/C18H13FN2/c1-11-10-15(12-6-8-13(19)9-7-12)17-14-4-2-3-5-16(14)21-18(17)20-11/h2-10H,1H3,(H,20,21). The number of hydrogen-bond acceptors (Lipinski definition) is 1. The molecule has 0 unspecified atom stereocenters. The number of aromatic amines is 1. The molecule has 4 rings (SSSR count). The largest absolute Gasteiger partial charge is 0.339 e. The van der Waals surface area contributed by atoms with Gasteiger partial charge in [0.2, 0.25) is 0 Å². The van der Waals surface area contributed by atoms with Crippen molar-refractivity contribution in [2.75, 3.05) is 0 Å². The van der Waals surface area contributed by atoms with Gasteiger partial charge in [-0.25, -0.2) is 9.37 Å². The first-order valence-electron chi connectivity index (χ1n) is 6.86. The van der Waals surface area contributed by atoms with Crippen LogP contribution >= 0.6 is 0 Å². The van der Waals surface area contributed by atoms with Gasteiger partial charge in [0.05, 0.1) is 0 Å². The van der Waals surface area contributed by atoms with Crippen molar-refractivity contribution in [2.24, 2.45) is 0 Å². The summed E-state index contributed by atoms with van der Waals surface area (Å²) in [5.41, 5.74) is 4.95. The maximum atomic E-state index is 13.2. The summed E-state index contributed by atoms with van der Waals surface area (Å²) >= 11 is 0. The monoisotopic (exact) mass is 276 g/mol. The van der Waals surface area contributed by atoms with E-state index in [0.29, 0.717) is 0 Å². The van der Waals surface area contributed by atoms with Gasteiger partial charge in [-0.1, -0.05) is 30.3 Å². The molecule has 2 aromatic heterocycles. The molecule has 0 aliphatic rings. The molecule has 0 atom stereocenters. The first-order valence-corrected chi connectivity index (χ1v) is 6.86. The molecular formula is C18H13FN2. The maximum absolute atomic E-state index is 13.2. The van der Waals surface area contributed by atoms with Crippen molar-refractivity contribution in [3.8, 4) is 11.1 Å². The van der Waals surface area contributed by atoms with Gasteiger partial charge in [0.15, 0.2) is 0 Å². The van der Waals surface area contributed by atoms with E-state index in [2.05, 4.69) is 22.1 Å². The van der Waals surface area contributed by atoms with E-state index in [9.17, 15) is 4.39 Å². The van der Waals surface area contributed by atoms with Crippen LogP contribution in [-0.2, 0) is 0 Å². The molecule has 0 aliphatic carbocycles. The highest BCUT2D eigenvalue weighted by atomic mass is 19.1. The summed E-state index contributed by atoms with van der Waals surface area (Å²) in [6.07, 6.45) is 0. The molecule has 0 aliphatic heterocycles. The van der Waals surface area contributed by atoms with Gasteiger partial charge in [0.1, 0.15) is 11.5 Å². The zero-order valence-electron chi connectivity index (χ0n) is 11.5. The zero-order valence-corrected chi connectivity index (χ0v) is 11.5. The van der Waals surface area contributed by atoms with E-state index in [0.717, 1.165) is 38.8 Å². The van der Waals surface area contributed by atoms with Crippen LogP contribution in [0.15, 0.2) is 54.6 Å². The molecule has 2 aromatic carbocycles. The molecule has 102 valence electrons. The smallest absolute Gasteiger partial charge is 0.139 e. The van der Waals surface area contributed by atoms with Gasteiger partial charge in [-0.2, -0.15) is 0 Å². The average molecular weight is 276 g/mol. The minimum atomic E-state index is -0.223. The number of fused-ring (bicyclic) bond motifs is 3. The van der Waals surface area contributed by atoms with E-state index in [4.69, 9.17) is 0 Å². The Balaban J connectivity index is 2.13. The number of aromatic nitrogens is 2. The second-order valence-corrected chi connectivity index (χ2v) is 5.21.